The van der Waals surface area contributed by atoms with Crippen molar-refractivity contribution in [1.82, 2.24) is 0 Å². The van der Waals surface area contributed by atoms with Crippen LogP contribution in [0.5, 0.6) is 0 Å². The van der Waals surface area contributed by atoms with Crippen LogP contribution in [0.15, 0.2) is 48.5 Å². The zero-order chi connectivity index (χ0) is 15.4. The van der Waals surface area contributed by atoms with Crippen molar-refractivity contribution in [3.8, 4) is 0 Å². The lowest BCUT2D eigenvalue weighted by Crippen LogP contribution is -2.18. The summed E-state index contributed by atoms with van der Waals surface area (Å²) in [5, 5.41) is 13.4. The smallest absolute Gasteiger partial charge is 0.00142 e. The molecule has 0 aliphatic heterocycles. The SMILES string of the molecule is C1=c2ccc3ccc4ccc5ccc6c7c(c2c3c4c57)C(C1)CC6. The van der Waals surface area contributed by atoms with Gasteiger partial charge in [0, 0.05) is 0 Å². The second-order valence-corrected chi connectivity index (χ2v) is 7.64. The van der Waals surface area contributed by atoms with Crippen LogP contribution < -0.4 is 5.22 Å². The second-order valence-electron chi connectivity index (χ2n) is 7.64. The zero-order valence-corrected chi connectivity index (χ0v) is 13.4. The fourth-order valence-corrected chi connectivity index (χ4v) is 5.60. The zero-order valence-electron chi connectivity index (χ0n) is 13.4. The maximum absolute atomic E-state index is 2.49. The van der Waals surface area contributed by atoms with Crippen molar-refractivity contribution in [2.75, 3.05) is 0 Å². The summed E-state index contributed by atoms with van der Waals surface area (Å²) in [5.41, 5.74) is 3.23. The van der Waals surface area contributed by atoms with Crippen molar-refractivity contribution in [2.45, 2.75) is 25.2 Å². The number of rotatable bonds is 0. The summed E-state index contributed by atoms with van der Waals surface area (Å²) in [6.45, 7) is 0. The van der Waals surface area contributed by atoms with E-state index in [-0.39, 0.29) is 0 Å². The first-order valence-corrected chi connectivity index (χ1v) is 9.05. The Labute approximate surface area is 139 Å². The standard InChI is InChI=1S/C24H16/c1-2-14-5-6-16-9-11-18-12-10-17-8-7-15-4-3-13(1)19-20(14)22(16)24(18)23(17)21(15)19/h1-9,18H,10-12H2. The lowest BCUT2D eigenvalue weighted by Gasteiger charge is -2.31. The third-order valence-corrected chi connectivity index (χ3v) is 6.60. The average Bonchev–Trinajstić information content (AvgIpc) is 2.65. The van der Waals surface area contributed by atoms with Gasteiger partial charge in [0.25, 0.3) is 0 Å². The Morgan fingerprint density at radius 1 is 0.625 bits per heavy atom. The third-order valence-electron chi connectivity index (χ3n) is 6.60. The summed E-state index contributed by atoms with van der Waals surface area (Å²) >= 11 is 0. The van der Waals surface area contributed by atoms with E-state index in [2.05, 4.69) is 54.6 Å². The van der Waals surface area contributed by atoms with Crippen molar-refractivity contribution in [1.29, 1.82) is 0 Å². The van der Waals surface area contributed by atoms with E-state index >= 15 is 0 Å². The van der Waals surface area contributed by atoms with Crippen molar-refractivity contribution in [3.05, 3.63) is 64.9 Å². The number of hydrogen-bond donors (Lipinski definition) is 0. The number of hydrogen-bond acceptors (Lipinski definition) is 0. The van der Waals surface area contributed by atoms with E-state index in [4.69, 9.17) is 0 Å². The number of benzene rings is 5. The van der Waals surface area contributed by atoms with Crippen LogP contribution in [0.1, 0.15) is 29.9 Å². The van der Waals surface area contributed by atoms with Gasteiger partial charge in [-0.15, -0.1) is 0 Å². The minimum atomic E-state index is 0.713. The van der Waals surface area contributed by atoms with Crippen LogP contribution in [0.25, 0.3) is 49.2 Å². The lowest BCUT2D eigenvalue weighted by atomic mass is 9.72. The molecule has 0 fully saturated rings. The molecule has 0 heterocycles. The van der Waals surface area contributed by atoms with E-state index in [0.29, 0.717) is 5.92 Å². The summed E-state index contributed by atoms with van der Waals surface area (Å²) in [4.78, 5) is 0. The fourth-order valence-electron chi connectivity index (χ4n) is 5.60. The molecular weight excluding hydrogens is 288 g/mol. The largest absolute Gasteiger partial charge is 0.0760 e. The monoisotopic (exact) mass is 304 g/mol. The van der Waals surface area contributed by atoms with Crippen molar-refractivity contribution >= 4 is 49.2 Å². The molecular formula is C24H16. The third kappa shape index (κ3) is 1.16. The Morgan fingerprint density at radius 3 is 2.04 bits per heavy atom. The number of aryl methyl sites for hydroxylation is 1. The predicted octanol–water partition coefficient (Wildman–Crippen LogP) is 5.67. The van der Waals surface area contributed by atoms with Crippen LogP contribution >= 0.6 is 0 Å². The molecule has 24 heavy (non-hydrogen) atoms. The molecule has 1 atom stereocenters. The summed E-state index contributed by atoms with van der Waals surface area (Å²) in [5.74, 6) is 0.713. The van der Waals surface area contributed by atoms with E-state index in [1.807, 2.05) is 0 Å². The predicted molar refractivity (Wildman–Crippen MR) is 103 cm³/mol. The van der Waals surface area contributed by atoms with Crippen LogP contribution in [0.3, 0.4) is 0 Å². The van der Waals surface area contributed by atoms with E-state index in [1.165, 1.54) is 56.8 Å². The van der Waals surface area contributed by atoms with E-state index in [1.54, 1.807) is 21.9 Å². The van der Waals surface area contributed by atoms with Gasteiger partial charge in [-0.05, 0) is 84.6 Å². The van der Waals surface area contributed by atoms with Gasteiger partial charge >= 0.3 is 0 Å². The van der Waals surface area contributed by atoms with Crippen molar-refractivity contribution in [2.24, 2.45) is 0 Å². The summed E-state index contributed by atoms with van der Waals surface area (Å²) in [6, 6.07) is 18.6. The summed E-state index contributed by atoms with van der Waals surface area (Å²) < 4.78 is 0. The highest BCUT2D eigenvalue weighted by atomic mass is 14.3. The van der Waals surface area contributed by atoms with E-state index in [9.17, 15) is 0 Å². The van der Waals surface area contributed by atoms with Crippen LogP contribution in [-0.4, -0.2) is 0 Å². The normalized spacial score (nSPS) is 19.1. The molecule has 0 spiro atoms. The van der Waals surface area contributed by atoms with Crippen molar-refractivity contribution in [3.63, 3.8) is 0 Å². The topological polar surface area (TPSA) is 0 Å². The maximum Gasteiger partial charge on any atom is -0.00142 e. The molecule has 0 heteroatoms. The molecule has 0 saturated heterocycles. The first-order chi connectivity index (χ1) is 11.9. The molecule has 0 saturated carbocycles. The lowest BCUT2D eigenvalue weighted by molar-refractivity contribution is 0.637. The minimum Gasteiger partial charge on any atom is -0.0760 e. The Kier molecular flexibility index (Phi) is 1.84. The van der Waals surface area contributed by atoms with E-state index in [0.717, 1.165) is 0 Å². The van der Waals surface area contributed by atoms with Gasteiger partial charge in [0.2, 0.25) is 0 Å². The van der Waals surface area contributed by atoms with Gasteiger partial charge in [-0.25, -0.2) is 0 Å². The van der Waals surface area contributed by atoms with Gasteiger partial charge in [0.05, 0.1) is 0 Å². The van der Waals surface area contributed by atoms with E-state index < -0.39 is 0 Å². The van der Waals surface area contributed by atoms with Gasteiger partial charge < -0.3 is 0 Å². The Balaban J connectivity index is 2.02. The van der Waals surface area contributed by atoms with Crippen molar-refractivity contribution < 1.29 is 0 Å². The quantitative estimate of drug-likeness (QED) is 0.255. The van der Waals surface area contributed by atoms with Gasteiger partial charge in [0.1, 0.15) is 0 Å². The van der Waals surface area contributed by atoms with Gasteiger partial charge in [-0.3, -0.25) is 0 Å². The summed E-state index contributed by atoms with van der Waals surface area (Å²) in [6.07, 6.45) is 6.23. The highest BCUT2D eigenvalue weighted by Gasteiger charge is 2.28. The maximum atomic E-state index is 2.49. The molecule has 2 aliphatic carbocycles. The highest BCUT2D eigenvalue weighted by molar-refractivity contribution is 6.33. The minimum absolute atomic E-state index is 0.713. The molecule has 5 aromatic carbocycles. The molecule has 0 N–H and O–H groups in total. The fraction of sp³-hybridized carbons (Fsp3) is 0.167. The van der Waals surface area contributed by atoms with Crippen LogP contribution in [0.4, 0.5) is 0 Å². The Bertz CT molecular complexity index is 1370. The summed E-state index contributed by atoms with van der Waals surface area (Å²) in [7, 11) is 0. The molecule has 112 valence electrons. The first kappa shape index (κ1) is 11.9. The van der Waals surface area contributed by atoms with Gasteiger partial charge in [0.15, 0.2) is 0 Å². The highest BCUT2D eigenvalue weighted by Crippen LogP contribution is 2.49. The van der Waals surface area contributed by atoms with Crippen LogP contribution in [-0.2, 0) is 6.42 Å². The van der Waals surface area contributed by atoms with Gasteiger partial charge in [-0.2, -0.15) is 0 Å². The molecule has 0 amide bonds. The Hall–Kier alpha value is -2.60. The second kappa shape index (κ2) is 3.72. The Morgan fingerprint density at radius 2 is 1.25 bits per heavy atom. The molecule has 7 rings (SSSR count). The molecule has 2 aliphatic rings. The molecule has 5 aromatic rings. The van der Waals surface area contributed by atoms with Crippen LogP contribution in [0, 0.1) is 0 Å². The average molecular weight is 304 g/mol. The molecule has 0 nitrogen and oxygen atoms in total. The molecule has 0 aromatic heterocycles. The molecule has 1 unspecified atom stereocenters. The first-order valence-electron chi connectivity index (χ1n) is 9.05. The van der Waals surface area contributed by atoms with Gasteiger partial charge in [-0.1, -0.05) is 54.6 Å². The molecule has 0 radical (unpaired) electrons. The van der Waals surface area contributed by atoms with Crippen LogP contribution in [0.2, 0.25) is 0 Å². The molecule has 0 bridgehead atoms.